The van der Waals surface area contributed by atoms with E-state index in [1.807, 2.05) is 13.8 Å². The lowest BCUT2D eigenvalue weighted by Gasteiger charge is -2.29. The highest BCUT2D eigenvalue weighted by molar-refractivity contribution is 6.32. The molecule has 0 radical (unpaired) electrons. The van der Waals surface area contributed by atoms with Gasteiger partial charge in [0.2, 0.25) is 11.2 Å². The molecule has 17 heavy (non-hydrogen) atoms. The van der Waals surface area contributed by atoms with Crippen LogP contribution >= 0.6 is 23.2 Å². The van der Waals surface area contributed by atoms with E-state index in [1.54, 1.807) is 4.90 Å². The van der Waals surface area contributed by atoms with Gasteiger partial charge in [-0.2, -0.15) is 0 Å². The third kappa shape index (κ3) is 2.53. The normalized spacial score (nSPS) is 15.0. The Morgan fingerprint density at radius 3 is 2.71 bits per heavy atom. The maximum atomic E-state index is 11.9. The fourth-order valence-corrected chi connectivity index (χ4v) is 2.38. The van der Waals surface area contributed by atoms with E-state index in [9.17, 15) is 4.79 Å². The van der Waals surface area contributed by atoms with Crippen molar-refractivity contribution in [3.05, 3.63) is 21.7 Å². The van der Waals surface area contributed by atoms with Crippen LogP contribution in [0.25, 0.3) is 0 Å². The van der Waals surface area contributed by atoms with Crippen molar-refractivity contribution in [2.45, 2.75) is 26.8 Å². The van der Waals surface area contributed by atoms with Crippen molar-refractivity contribution in [2.75, 3.05) is 6.54 Å². The van der Waals surface area contributed by atoms with Crippen LogP contribution in [0.3, 0.4) is 0 Å². The summed E-state index contributed by atoms with van der Waals surface area (Å²) in [5.41, 5.74) is 1.67. The number of aromatic nitrogens is 2. The number of hydrogen-bond donors (Lipinski definition) is 0. The van der Waals surface area contributed by atoms with Gasteiger partial charge in [-0.3, -0.25) is 4.79 Å². The molecule has 0 saturated carbocycles. The molecule has 0 aromatic carbocycles. The molecule has 0 unspecified atom stereocenters. The highest BCUT2D eigenvalue weighted by Gasteiger charge is 2.25. The second-order valence-corrected chi connectivity index (χ2v) is 5.07. The van der Waals surface area contributed by atoms with E-state index < -0.39 is 0 Å². The number of amides is 1. The van der Waals surface area contributed by atoms with Crippen LogP contribution in [0.5, 0.6) is 0 Å². The molecule has 0 saturated heterocycles. The lowest BCUT2D eigenvalue weighted by molar-refractivity contribution is -0.135. The van der Waals surface area contributed by atoms with Gasteiger partial charge in [-0.25, -0.2) is 9.97 Å². The van der Waals surface area contributed by atoms with Gasteiger partial charge >= 0.3 is 0 Å². The van der Waals surface area contributed by atoms with Gasteiger partial charge in [0, 0.05) is 24.4 Å². The Hall–Kier alpha value is -0.870. The first-order chi connectivity index (χ1) is 7.99. The summed E-state index contributed by atoms with van der Waals surface area (Å²) in [6.45, 7) is 4.91. The van der Waals surface area contributed by atoms with Crippen LogP contribution < -0.4 is 0 Å². The van der Waals surface area contributed by atoms with Gasteiger partial charge in [0.1, 0.15) is 5.15 Å². The maximum absolute atomic E-state index is 11.9. The molecule has 6 heteroatoms. The summed E-state index contributed by atoms with van der Waals surface area (Å²) in [4.78, 5) is 21.7. The average molecular weight is 274 g/mol. The van der Waals surface area contributed by atoms with E-state index in [-0.39, 0.29) is 17.1 Å². The van der Waals surface area contributed by atoms with Gasteiger partial charge in [0.25, 0.3) is 0 Å². The van der Waals surface area contributed by atoms with Crippen LogP contribution in [0.4, 0.5) is 0 Å². The molecular weight excluding hydrogens is 261 g/mol. The quantitative estimate of drug-likeness (QED) is 0.583. The summed E-state index contributed by atoms with van der Waals surface area (Å²) in [6.07, 6.45) is 0.676. The fraction of sp³-hybridized carbons (Fsp3) is 0.545. The Kier molecular flexibility index (Phi) is 3.54. The largest absolute Gasteiger partial charge is 0.338 e. The number of halogens is 2. The molecule has 1 aliphatic rings. The van der Waals surface area contributed by atoms with Crippen LogP contribution in [-0.2, 0) is 17.8 Å². The number of rotatable bonds is 1. The van der Waals surface area contributed by atoms with Crippen molar-refractivity contribution < 1.29 is 4.79 Å². The third-order valence-corrected chi connectivity index (χ3v) is 3.27. The van der Waals surface area contributed by atoms with Crippen LogP contribution in [0.2, 0.25) is 10.4 Å². The van der Waals surface area contributed by atoms with E-state index in [1.165, 1.54) is 0 Å². The topological polar surface area (TPSA) is 46.1 Å². The van der Waals surface area contributed by atoms with Crippen LogP contribution in [-0.4, -0.2) is 27.3 Å². The van der Waals surface area contributed by atoms with Crippen LogP contribution in [0.15, 0.2) is 0 Å². The maximum Gasteiger partial charge on any atom is 0.225 e. The number of fused-ring (bicyclic) bond motifs is 1. The number of carbonyl (C=O) groups excluding carboxylic acids is 1. The van der Waals surface area contributed by atoms with E-state index in [0.29, 0.717) is 24.7 Å². The summed E-state index contributed by atoms with van der Waals surface area (Å²) in [7, 11) is 0. The lowest BCUT2D eigenvalue weighted by atomic mass is 10.1. The average Bonchev–Trinajstić information content (AvgIpc) is 2.27. The predicted molar refractivity (Wildman–Crippen MR) is 66.0 cm³/mol. The Morgan fingerprint density at radius 2 is 2.06 bits per heavy atom. The van der Waals surface area contributed by atoms with Crippen LogP contribution in [0, 0.1) is 5.92 Å². The van der Waals surface area contributed by atoms with Crippen molar-refractivity contribution in [3.63, 3.8) is 0 Å². The fourth-order valence-electron chi connectivity index (χ4n) is 1.90. The Bertz CT molecular complexity index is 462. The van der Waals surface area contributed by atoms with Crippen molar-refractivity contribution in [2.24, 2.45) is 5.92 Å². The Balaban J connectivity index is 2.27. The molecule has 92 valence electrons. The molecule has 0 N–H and O–H groups in total. The van der Waals surface area contributed by atoms with Crippen LogP contribution in [0.1, 0.15) is 25.1 Å². The molecule has 2 rings (SSSR count). The van der Waals surface area contributed by atoms with Crippen molar-refractivity contribution in [3.8, 4) is 0 Å². The highest BCUT2D eigenvalue weighted by atomic mass is 35.5. The van der Waals surface area contributed by atoms with Gasteiger partial charge in [-0.15, -0.1) is 0 Å². The molecule has 0 spiro atoms. The predicted octanol–water partition coefficient (Wildman–Crippen LogP) is 2.32. The minimum Gasteiger partial charge on any atom is -0.338 e. The zero-order valence-corrected chi connectivity index (χ0v) is 11.2. The Labute approximate surface area is 110 Å². The second kappa shape index (κ2) is 4.78. The van der Waals surface area contributed by atoms with Gasteiger partial charge in [0.05, 0.1) is 12.2 Å². The minimum absolute atomic E-state index is 0.0106. The van der Waals surface area contributed by atoms with E-state index in [2.05, 4.69) is 9.97 Å². The molecule has 1 aromatic heterocycles. The monoisotopic (exact) mass is 273 g/mol. The first-order valence-corrected chi connectivity index (χ1v) is 6.24. The lowest BCUT2D eigenvalue weighted by Crippen LogP contribution is -2.39. The minimum atomic E-state index is -0.0106. The van der Waals surface area contributed by atoms with Gasteiger partial charge in [-0.05, 0) is 11.6 Å². The van der Waals surface area contributed by atoms with E-state index in [0.717, 1.165) is 11.3 Å². The molecule has 0 atom stereocenters. The standard InChI is InChI=1S/C11H13Cl2N3O/c1-6(2)10(17)16-4-3-8-7(5-16)9(12)15-11(13)14-8/h6H,3-5H2,1-2H3. The molecule has 1 amide bonds. The van der Waals surface area contributed by atoms with Crippen molar-refractivity contribution in [1.29, 1.82) is 0 Å². The van der Waals surface area contributed by atoms with Gasteiger partial charge < -0.3 is 4.90 Å². The zero-order chi connectivity index (χ0) is 12.6. The molecule has 2 heterocycles. The first-order valence-electron chi connectivity index (χ1n) is 5.48. The van der Waals surface area contributed by atoms with E-state index in [4.69, 9.17) is 23.2 Å². The van der Waals surface area contributed by atoms with Gasteiger partial charge in [-0.1, -0.05) is 25.4 Å². The third-order valence-electron chi connectivity index (χ3n) is 2.79. The molecule has 0 aliphatic carbocycles. The molecule has 1 aliphatic heterocycles. The zero-order valence-electron chi connectivity index (χ0n) is 9.70. The molecule has 0 bridgehead atoms. The molecule has 0 fully saturated rings. The Morgan fingerprint density at radius 1 is 1.35 bits per heavy atom. The number of carbonyl (C=O) groups is 1. The molecular formula is C11H13Cl2N3O. The summed E-state index contributed by atoms with van der Waals surface area (Å²) >= 11 is 11.8. The summed E-state index contributed by atoms with van der Waals surface area (Å²) in [6, 6.07) is 0. The number of nitrogens with zero attached hydrogens (tertiary/aromatic N) is 3. The summed E-state index contributed by atoms with van der Waals surface area (Å²) < 4.78 is 0. The SMILES string of the molecule is CC(C)C(=O)N1CCc2nc(Cl)nc(Cl)c2C1. The smallest absolute Gasteiger partial charge is 0.225 e. The van der Waals surface area contributed by atoms with Gasteiger partial charge in [0.15, 0.2) is 0 Å². The highest BCUT2D eigenvalue weighted by Crippen LogP contribution is 2.25. The summed E-state index contributed by atoms with van der Waals surface area (Å²) in [5.74, 6) is 0.116. The first kappa shape index (κ1) is 12.6. The number of hydrogen-bond acceptors (Lipinski definition) is 3. The van der Waals surface area contributed by atoms with Crippen molar-refractivity contribution >= 4 is 29.1 Å². The summed E-state index contributed by atoms with van der Waals surface area (Å²) in [5, 5.41) is 0.513. The van der Waals surface area contributed by atoms with Crippen molar-refractivity contribution in [1.82, 2.24) is 14.9 Å². The molecule has 4 nitrogen and oxygen atoms in total. The van der Waals surface area contributed by atoms with E-state index >= 15 is 0 Å². The second-order valence-electron chi connectivity index (χ2n) is 4.37. The molecule has 1 aromatic rings.